The van der Waals surface area contributed by atoms with E-state index in [9.17, 15) is 14.7 Å². The molecule has 2 aromatic rings. The zero-order valence-electron chi connectivity index (χ0n) is 17.1. The number of amides is 2. The van der Waals surface area contributed by atoms with Gasteiger partial charge >= 0.3 is 0 Å². The molecule has 8 nitrogen and oxygen atoms in total. The number of phenols is 1. The molecule has 0 heterocycles. The molecule has 0 spiro atoms. The van der Waals surface area contributed by atoms with E-state index < -0.39 is 11.8 Å². The second kappa shape index (κ2) is 10.8. The van der Waals surface area contributed by atoms with Crippen molar-refractivity contribution in [2.75, 3.05) is 20.3 Å². The Morgan fingerprint density at radius 1 is 1.16 bits per heavy atom. The van der Waals surface area contributed by atoms with Gasteiger partial charge in [0.15, 0.2) is 18.1 Å². The number of nitrogens with zero attached hydrogens (tertiary/aromatic N) is 1. The van der Waals surface area contributed by atoms with Crippen LogP contribution in [0.2, 0.25) is 0 Å². The molecule has 0 saturated carbocycles. The summed E-state index contributed by atoms with van der Waals surface area (Å²) in [6.45, 7) is -0.400. The van der Waals surface area contributed by atoms with Gasteiger partial charge in [-0.25, -0.2) is 5.43 Å². The van der Waals surface area contributed by atoms with Gasteiger partial charge in [-0.2, -0.15) is 5.10 Å². The lowest BCUT2D eigenvalue weighted by Crippen LogP contribution is -2.37. The molecule has 1 aliphatic carbocycles. The summed E-state index contributed by atoms with van der Waals surface area (Å²) in [5, 5.41) is 16.1. The lowest BCUT2D eigenvalue weighted by atomic mass is 9.92. The monoisotopic (exact) mass is 489 g/mol. The normalized spacial score (nSPS) is 12.8. The first kappa shape index (κ1) is 22.6. The summed E-state index contributed by atoms with van der Waals surface area (Å²) in [5.74, 6) is 0.0184. The maximum Gasteiger partial charge on any atom is 0.259 e. The number of benzene rings is 2. The molecule has 3 N–H and O–H groups in total. The Hall–Kier alpha value is -3.07. The van der Waals surface area contributed by atoms with Gasteiger partial charge in [0, 0.05) is 0 Å². The molecular formula is C22H24BrN3O5. The average molecular weight is 490 g/mol. The predicted molar refractivity (Wildman–Crippen MR) is 120 cm³/mol. The molecule has 0 saturated heterocycles. The molecule has 2 aromatic carbocycles. The fraction of sp³-hybridized carbons (Fsp3) is 0.318. The maximum absolute atomic E-state index is 11.9. The summed E-state index contributed by atoms with van der Waals surface area (Å²) < 4.78 is 11.0. The van der Waals surface area contributed by atoms with Crippen molar-refractivity contribution in [3.63, 3.8) is 0 Å². The van der Waals surface area contributed by atoms with E-state index >= 15 is 0 Å². The number of halogens is 1. The van der Waals surface area contributed by atoms with Gasteiger partial charge in [0.25, 0.3) is 11.8 Å². The molecule has 0 fully saturated rings. The SMILES string of the molecule is COc1cc(C=NNC(=O)CNC(=O)COc2ccc3c(c2)CCCC3)cc(Br)c1O. The first-order chi connectivity index (χ1) is 15.0. The Bertz CT molecular complexity index is 993. The van der Waals surface area contributed by atoms with E-state index in [0.717, 1.165) is 12.8 Å². The van der Waals surface area contributed by atoms with Crippen molar-refractivity contribution < 1.29 is 24.2 Å². The van der Waals surface area contributed by atoms with Crippen molar-refractivity contribution in [3.8, 4) is 17.2 Å². The van der Waals surface area contributed by atoms with E-state index in [4.69, 9.17) is 9.47 Å². The van der Waals surface area contributed by atoms with Crippen LogP contribution in [0.1, 0.15) is 29.5 Å². The number of ether oxygens (including phenoxy) is 2. The van der Waals surface area contributed by atoms with Crippen LogP contribution < -0.4 is 20.2 Å². The average Bonchev–Trinajstić information content (AvgIpc) is 2.78. The number of hydrogen-bond acceptors (Lipinski definition) is 6. The summed E-state index contributed by atoms with van der Waals surface area (Å²) in [6, 6.07) is 9.09. The molecule has 2 amide bonds. The number of aromatic hydroxyl groups is 1. The minimum Gasteiger partial charge on any atom is -0.503 e. The first-order valence-corrected chi connectivity index (χ1v) is 10.6. The van der Waals surface area contributed by atoms with Crippen molar-refractivity contribution in [1.29, 1.82) is 0 Å². The van der Waals surface area contributed by atoms with Crippen LogP contribution >= 0.6 is 15.9 Å². The number of nitrogens with one attached hydrogen (secondary N) is 2. The third kappa shape index (κ3) is 6.45. The number of hydrogen-bond donors (Lipinski definition) is 3. The zero-order valence-corrected chi connectivity index (χ0v) is 18.7. The standard InChI is InChI=1S/C22H24BrN3O5/c1-30-19-9-14(8-18(23)22(19)29)11-25-26-20(27)12-24-21(28)13-31-17-7-6-15-4-2-3-5-16(15)10-17/h6-11,29H,2-5,12-13H2,1H3,(H,24,28)(H,26,27). The highest BCUT2D eigenvalue weighted by Gasteiger charge is 2.11. The Morgan fingerprint density at radius 3 is 2.71 bits per heavy atom. The van der Waals surface area contributed by atoms with Crippen LogP contribution in [0.4, 0.5) is 0 Å². The molecule has 0 radical (unpaired) electrons. The second-order valence-corrected chi connectivity index (χ2v) is 7.90. The van der Waals surface area contributed by atoms with Gasteiger partial charge in [0.2, 0.25) is 0 Å². The van der Waals surface area contributed by atoms with Crippen LogP contribution in [-0.4, -0.2) is 43.4 Å². The van der Waals surface area contributed by atoms with Gasteiger partial charge in [-0.1, -0.05) is 6.07 Å². The molecule has 0 unspecified atom stereocenters. The van der Waals surface area contributed by atoms with Crippen molar-refractivity contribution >= 4 is 34.0 Å². The molecule has 0 bridgehead atoms. The number of carbonyl (C=O) groups excluding carboxylic acids is 2. The molecule has 0 aromatic heterocycles. The van der Waals surface area contributed by atoms with E-state index in [-0.39, 0.29) is 24.7 Å². The minimum absolute atomic E-state index is 0.0241. The minimum atomic E-state index is -0.483. The third-order valence-corrected chi connectivity index (χ3v) is 5.41. The molecule has 0 aliphatic heterocycles. The second-order valence-electron chi connectivity index (χ2n) is 7.05. The van der Waals surface area contributed by atoms with Crippen LogP contribution in [0.25, 0.3) is 0 Å². The molecule has 164 valence electrons. The summed E-state index contributed by atoms with van der Waals surface area (Å²) >= 11 is 3.21. The summed E-state index contributed by atoms with van der Waals surface area (Å²) in [7, 11) is 1.43. The van der Waals surface area contributed by atoms with Crippen LogP contribution in [0.15, 0.2) is 39.9 Å². The van der Waals surface area contributed by atoms with Crippen LogP contribution in [0.5, 0.6) is 17.2 Å². The number of fused-ring (bicyclic) bond motifs is 1. The Kier molecular flexibility index (Phi) is 7.88. The molecule has 9 heteroatoms. The van der Waals surface area contributed by atoms with E-state index in [1.54, 1.807) is 12.1 Å². The number of phenolic OH excluding ortho intramolecular Hbond substituents is 1. The number of methoxy groups -OCH3 is 1. The van der Waals surface area contributed by atoms with Gasteiger partial charge in [0.05, 0.1) is 24.3 Å². The third-order valence-electron chi connectivity index (χ3n) is 4.81. The Balaban J connectivity index is 1.41. The molecule has 31 heavy (non-hydrogen) atoms. The van der Waals surface area contributed by atoms with Crippen molar-refractivity contribution in [3.05, 3.63) is 51.5 Å². The molecule has 0 atom stereocenters. The van der Waals surface area contributed by atoms with Crippen molar-refractivity contribution in [1.82, 2.24) is 10.7 Å². The first-order valence-electron chi connectivity index (χ1n) is 9.86. The Labute approximate surface area is 188 Å². The zero-order chi connectivity index (χ0) is 22.2. The van der Waals surface area contributed by atoms with Crippen LogP contribution in [0.3, 0.4) is 0 Å². The highest BCUT2D eigenvalue weighted by atomic mass is 79.9. The summed E-state index contributed by atoms with van der Waals surface area (Å²) in [4.78, 5) is 23.8. The van der Waals surface area contributed by atoms with Gasteiger partial charge in [-0.05, 0) is 82.6 Å². The van der Waals surface area contributed by atoms with Crippen LogP contribution in [-0.2, 0) is 22.4 Å². The van der Waals surface area contributed by atoms with Gasteiger partial charge in [-0.3, -0.25) is 9.59 Å². The Morgan fingerprint density at radius 2 is 1.94 bits per heavy atom. The quantitative estimate of drug-likeness (QED) is 0.390. The highest BCUT2D eigenvalue weighted by molar-refractivity contribution is 9.10. The largest absolute Gasteiger partial charge is 0.503 e. The number of hydrazone groups is 1. The van der Waals surface area contributed by atoms with Gasteiger partial charge < -0.3 is 19.9 Å². The fourth-order valence-electron chi connectivity index (χ4n) is 3.22. The summed E-state index contributed by atoms with van der Waals surface area (Å²) in [6.07, 6.45) is 5.90. The lowest BCUT2D eigenvalue weighted by Gasteiger charge is -2.16. The van der Waals surface area contributed by atoms with E-state index in [1.807, 2.05) is 12.1 Å². The van der Waals surface area contributed by atoms with Crippen molar-refractivity contribution in [2.45, 2.75) is 25.7 Å². The smallest absolute Gasteiger partial charge is 0.259 e. The van der Waals surface area contributed by atoms with E-state index in [2.05, 4.69) is 37.8 Å². The lowest BCUT2D eigenvalue weighted by molar-refractivity contribution is -0.127. The summed E-state index contributed by atoms with van der Waals surface area (Å²) in [5.41, 5.74) is 5.55. The van der Waals surface area contributed by atoms with Crippen molar-refractivity contribution in [2.24, 2.45) is 5.10 Å². The number of rotatable bonds is 8. The van der Waals surface area contributed by atoms with Crippen LogP contribution in [0, 0.1) is 0 Å². The fourth-order valence-corrected chi connectivity index (χ4v) is 3.68. The van der Waals surface area contributed by atoms with Gasteiger partial charge in [-0.15, -0.1) is 0 Å². The molecule has 1 aliphatic rings. The predicted octanol–water partition coefficient (Wildman–Crippen LogP) is 2.69. The van der Waals surface area contributed by atoms with E-state index in [0.29, 0.717) is 15.8 Å². The highest BCUT2D eigenvalue weighted by Crippen LogP contribution is 2.34. The number of carbonyl (C=O) groups is 2. The molecule has 3 rings (SSSR count). The van der Waals surface area contributed by atoms with Gasteiger partial charge in [0.1, 0.15) is 5.75 Å². The van der Waals surface area contributed by atoms with E-state index in [1.165, 1.54) is 37.3 Å². The maximum atomic E-state index is 11.9. The topological polar surface area (TPSA) is 109 Å². The molecular weight excluding hydrogens is 466 g/mol. The number of aryl methyl sites for hydroxylation is 2.